The van der Waals surface area contributed by atoms with Gasteiger partial charge in [0, 0.05) is 5.69 Å². The average Bonchev–Trinajstić information content (AvgIpc) is 2.02. The zero-order chi connectivity index (χ0) is 9.90. The van der Waals surface area contributed by atoms with Crippen molar-refractivity contribution in [3.05, 3.63) is 29.8 Å². The second kappa shape index (κ2) is 3.76. The van der Waals surface area contributed by atoms with Crippen LogP contribution in [0.1, 0.15) is 5.56 Å². The van der Waals surface area contributed by atoms with E-state index in [1.165, 1.54) is 0 Å². The van der Waals surface area contributed by atoms with Gasteiger partial charge in [-0.1, -0.05) is 12.1 Å². The molecule has 0 radical (unpaired) electrons. The third kappa shape index (κ3) is 3.91. The Hall–Kier alpha value is -1.07. The highest BCUT2D eigenvalue weighted by Crippen LogP contribution is 2.06. The van der Waals surface area contributed by atoms with Gasteiger partial charge in [0.1, 0.15) is 0 Å². The highest BCUT2D eigenvalue weighted by molar-refractivity contribution is 7.85. The summed E-state index contributed by atoms with van der Waals surface area (Å²) in [6.45, 7) is 0. The maximum absolute atomic E-state index is 10.4. The van der Waals surface area contributed by atoms with E-state index in [9.17, 15) is 8.42 Å². The maximum Gasteiger partial charge on any atom is 0.265 e. The standard InChI is InChI=1S/C8H11NO3S/c9-8-3-1-7(2-4-8)5-6-13(10,11)12/h1-4H,5-6,9H2,(H,10,11,12). The summed E-state index contributed by atoms with van der Waals surface area (Å²) in [5.74, 6) is -0.253. The van der Waals surface area contributed by atoms with E-state index in [4.69, 9.17) is 10.3 Å². The van der Waals surface area contributed by atoms with Crippen LogP contribution in [0.3, 0.4) is 0 Å². The fourth-order valence-corrected chi connectivity index (χ4v) is 1.42. The first-order valence-corrected chi connectivity index (χ1v) is 5.38. The largest absolute Gasteiger partial charge is 0.399 e. The van der Waals surface area contributed by atoms with Crippen molar-refractivity contribution in [1.29, 1.82) is 0 Å². The van der Waals surface area contributed by atoms with Crippen LogP contribution in [0.25, 0.3) is 0 Å². The summed E-state index contributed by atoms with van der Waals surface area (Å²) in [4.78, 5) is 0. The Morgan fingerprint density at radius 1 is 1.23 bits per heavy atom. The molecule has 3 N–H and O–H groups in total. The summed E-state index contributed by atoms with van der Waals surface area (Å²) in [5.41, 5.74) is 6.92. The number of hydrogen-bond donors (Lipinski definition) is 2. The minimum Gasteiger partial charge on any atom is -0.399 e. The molecule has 0 aliphatic rings. The van der Waals surface area contributed by atoms with Crippen LogP contribution in [0, 0.1) is 0 Å². The number of benzene rings is 1. The summed E-state index contributed by atoms with van der Waals surface area (Å²) in [6, 6.07) is 6.86. The zero-order valence-corrected chi connectivity index (χ0v) is 7.79. The normalized spacial score (nSPS) is 11.5. The molecule has 0 aliphatic carbocycles. The summed E-state index contributed by atoms with van der Waals surface area (Å²) in [6.07, 6.45) is 0.305. The molecule has 0 unspecified atom stereocenters. The second-order valence-corrected chi connectivity index (χ2v) is 4.35. The molecule has 1 aromatic carbocycles. The molecule has 0 spiro atoms. The first-order chi connectivity index (χ1) is 5.97. The molecule has 0 aliphatic heterocycles. The Balaban J connectivity index is 2.61. The lowest BCUT2D eigenvalue weighted by molar-refractivity contribution is 0.482. The van der Waals surface area contributed by atoms with Crippen molar-refractivity contribution < 1.29 is 13.0 Å². The van der Waals surface area contributed by atoms with Crippen LogP contribution >= 0.6 is 0 Å². The van der Waals surface area contributed by atoms with Gasteiger partial charge in [0.25, 0.3) is 10.1 Å². The van der Waals surface area contributed by atoms with E-state index >= 15 is 0 Å². The highest BCUT2D eigenvalue weighted by atomic mass is 32.2. The van der Waals surface area contributed by atoms with Gasteiger partial charge >= 0.3 is 0 Å². The summed E-state index contributed by atoms with van der Waals surface area (Å²) in [5, 5.41) is 0. The topological polar surface area (TPSA) is 80.4 Å². The highest BCUT2D eigenvalue weighted by Gasteiger charge is 2.04. The lowest BCUT2D eigenvalue weighted by Gasteiger charge is -1.99. The molecule has 5 heteroatoms. The summed E-state index contributed by atoms with van der Waals surface area (Å²) >= 11 is 0. The molecule has 72 valence electrons. The van der Waals surface area contributed by atoms with Crippen molar-refractivity contribution in [2.45, 2.75) is 6.42 Å². The minimum absolute atomic E-state index is 0.253. The number of aryl methyl sites for hydroxylation is 1. The van der Waals surface area contributed by atoms with Crippen LogP contribution in [-0.4, -0.2) is 18.7 Å². The third-order valence-corrected chi connectivity index (χ3v) is 2.35. The molecule has 0 atom stereocenters. The monoisotopic (exact) mass is 201 g/mol. The number of rotatable bonds is 3. The Morgan fingerprint density at radius 2 is 1.77 bits per heavy atom. The number of hydrogen-bond acceptors (Lipinski definition) is 3. The van der Waals surface area contributed by atoms with Gasteiger partial charge < -0.3 is 5.73 Å². The third-order valence-electron chi connectivity index (χ3n) is 1.63. The molecule has 1 aromatic rings. The van der Waals surface area contributed by atoms with Gasteiger partial charge in [-0.25, -0.2) is 0 Å². The quantitative estimate of drug-likeness (QED) is 0.557. The van der Waals surface area contributed by atoms with E-state index in [1.807, 2.05) is 0 Å². The van der Waals surface area contributed by atoms with E-state index in [2.05, 4.69) is 0 Å². The van der Waals surface area contributed by atoms with E-state index in [0.29, 0.717) is 12.1 Å². The fourth-order valence-electron chi connectivity index (χ4n) is 0.931. The lowest BCUT2D eigenvalue weighted by atomic mass is 10.2. The molecule has 0 bridgehead atoms. The molecule has 4 nitrogen and oxygen atoms in total. The van der Waals surface area contributed by atoms with E-state index in [-0.39, 0.29) is 5.75 Å². The molecule has 0 aromatic heterocycles. The lowest BCUT2D eigenvalue weighted by Crippen LogP contribution is -2.06. The van der Waals surface area contributed by atoms with Crippen molar-refractivity contribution in [3.8, 4) is 0 Å². The first-order valence-electron chi connectivity index (χ1n) is 3.77. The smallest absolute Gasteiger partial charge is 0.265 e. The Morgan fingerprint density at radius 3 is 2.23 bits per heavy atom. The van der Waals surface area contributed by atoms with Gasteiger partial charge in [-0.3, -0.25) is 4.55 Å². The van der Waals surface area contributed by atoms with Gasteiger partial charge in [0.2, 0.25) is 0 Å². The van der Waals surface area contributed by atoms with Crippen molar-refractivity contribution in [2.24, 2.45) is 0 Å². The molecule has 0 amide bonds. The van der Waals surface area contributed by atoms with Gasteiger partial charge in [-0.2, -0.15) is 8.42 Å². The van der Waals surface area contributed by atoms with Crippen molar-refractivity contribution in [2.75, 3.05) is 11.5 Å². The maximum atomic E-state index is 10.4. The molecule has 0 saturated carbocycles. The number of nitrogens with two attached hydrogens (primary N) is 1. The van der Waals surface area contributed by atoms with Crippen LogP contribution in [0.15, 0.2) is 24.3 Å². The van der Waals surface area contributed by atoms with Gasteiger partial charge in [0.15, 0.2) is 0 Å². The van der Waals surface area contributed by atoms with Gasteiger partial charge in [-0.05, 0) is 24.1 Å². The molecule has 0 fully saturated rings. The number of anilines is 1. The molecule has 1 rings (SSSR count). The van der Waals surface area contributed by atoms with Gasteiger partial charge in [0.05, 0.1) is 5.75 Å². The molecular weight excluding hydrogens is 190 g/mol. The van der Waals surface area contributed by atoms with E-state index < -0.39 is 10.1 Å². The predicted molar refractivity (Wildman–Crippen MR) is 51.0 cm³/mol. The van der Waals surface area contributed by atoms with Crippen LogP contribution in [0.2, 0.25) is 0 Å². The van der Waals surface area contributed by atoms with Crippen LogP contribution < -0.4 is 5.73 Å². The zero-order valence-electron chi connectivity index (χ0n) is 6.97. The average molecular weight is 201 g/mol. The van der Waals surface area contributed by atoms with E-state index in [0.717, 1.165) is 5.56 Å². The second-order valence-electron chi connectivity index (χ2n) is 2.78. The Labute approximate surface area is 77.1 Å². The SMILES string of the molecule is Nc1ccc(CCS(=O)(=O)O)cc1. The van der Waals surface area contributed by atoms with Crippen molar-refractivity contribution >= 4 is 15.8 Å². The van der Waals surface area contributed by atoms with Gasteiger partial charge in [-0.15, -0.1) is 0 Å². The van der Waals surface area contributed by atoms with E-state index in [1.54, 1.807) is 24.3 Å². The van der Waals surface area contributed by atoms with Crippen LogP contribution in [0.4, 0.5) is 5.69 Å². The Kier molecular flexibility index (Phi) is 2.90. The van der Waals surface area contributed by atoms with Crippen molar-refractivity contribution in [1.82, 2.24) is 0 Å². The summed E-state index contributed by atoms with van der Waals surface area (Å²) < 4.78 is 29.3. The Bertz CT molecular complexity index is 369. The molecule has 0 heterocycles. The molecular formula is C8H11NO3S. The molecule has 13 heavy (non-hydrogen) atoms. The predicted octanol–water partition coefficient (Wildman–Crippen LogP) is 0.699. The van der Waals surface area contributed by atoms with Crippen LogP contribution in [-0.2, 0) is 16.5 Å². The number of nitrogen functional groups attached to an aromatic ring is 1. The fraction of sp³-hybridized carbons (Fsp3) is 0.250. The summed E-state index contributed by atoms with van der Waals surface area (Å²) in [7, 11) is -3.86. The first kappa shape index (κ1) is 10.0. The minimum atomic E-state index is -3.86. The molecule has 0 saturated heterocycles. The van der Waals surface area contributed by atoms with Crippen molar-refractivity contribution in [3.63, 3.8) is 0 Å². The van der Waals surface area contributed by atoms with Crippen LogP contribution in [0.5, 0.6) is 0 Å².